The third-order valence-electron chi connectivity index (χ3n) is 1.25. The molecule has 0 heterocycles. The molecule has 42 valence electrons. The van der Waals surface area contributed by atoms with Gasteiger partial charge in [0.25, 0.3) is 0 Å². The van der Waals surface area contributed by atoms with Crippen molar-refractivity contribution in [2.24, 2.45) is 0 Å². The number of hydrogen-bond acceptors (Lipinski definition) is 0. The second-order valence-electron chi connectivity index (χ2n) is 1.84. The van der Waals surface area contributed by atoms with Crippen LogP contribution in [-0.2, 0) is 6.42 Å². The first kappa shape index (κ1) is 5.36. The van der Waals surface area contributed by atoms with Crippen molar-refractivity contribution < 1.29 is 0 Å². The molecule has 0 spiro atoms. The highest BCUT2D eigenvalue weighted by Crippen LogP contribution is 1.96. The van der Waals surface area contributed by atoms with Crippen molar-refractivity contribution in [3.8, 4) is 0 Å². The van der Waals surface area contributed by atoms with E-state index in [1.807, 2.05) is 6.07 Å². The molecular formula is C8H10. The topological polar surface area (TPSA) is 0 Å². The minimum absolute atomic E-state index is 1.14. The van der Waals surface area contributed by atoms with E-state index in [0.717, 1.165) is 6.42 Å². The van der Waals surface area contributed by atoms with E-state index in [1.54, 1.807) is 0 Å². The Morgan fingerprint density at radius 2 is 1.75 bits per heavy atom. The molecule has 1 rings (SSSR count). The van der Waals surface area contributed by atoms with Crippen molar-refractivity contribution in [2.45, 2.75) is 13.3 Å². The molecule has 1 aromatic carbocycles. The van der Waals surface area contributed by atoms with E-state index in [1.165, 1.54) is 5.56 Å². The molecule has 8 heavy (non-hydrogen) atoms. The number of benzene rings is 1. The van der Waals surface area contributed by atoms with Gasteiger partial charge in [0.2, 0.25) is 0 Å². The van der Waals surface area contributed by atoms with Gasteiger partial charge in [0, 0.05) is 0 Å². The third kappa shape index (κ3) is 1.09. The van der Waals surface area contributed by atoms with Crippen LogP contribution in [0.15, 0.2) is 30.3 Å². The summed E-state index contributed by atoms with van der Waals surface area (Å²) in [5, 5.41) is 0. The molecular weight excluding hydrogens is 102 g/mol. The van der Waals surface area contributed by atoms with Crippen LogP contribution in [-0.4, -0.2) is 0 Å². The lowest BCUT2D eigenvalue weighted by molar-refractivity contribution is 1.14. The first-order chi connectivity index (χ1) is 3.93. The normalized spacial score (nSPS) is 9.12. The van der Waals surface area contributed by atoms with Crippen LogP contribution >= 0.6 is 0 Å². The summed E-state index contributed by atoms with van der Waals surface area (Å²) in [5.41, 5.74) is 1.41. The van der Waals surface area contributed by atoms with E-state index in [-0.39, 0.29) is 0 Å². The Kier molecular flexibility index (Phi) is 1.68. The zero-order chi connectivity index (χ0) is 5.82. The molecule has 0 nitrogen and oxygen atoms in total. The van der Waals surface area contributed by atoms with Gasteiger partial charge in [0.15, 0.2) is 0 Å². The molecule has 0 aliphatic rings. The van der Waals surface area contributed by atoms with Crippen LogP contribution in [0.3, 0.4) is 0 Å². The van der Waals surface area contributed by atoms with E-state index >= 15 is 0 Å². The van der Waals surface area contributed by atoms with Crippen LogP contribution in [0.1, 0.15) is 12.5 Å². The maximum atomic E-state index is 2.16. The quantitative estimate of drug-likeness (QED) is 0.522. The average molecular weight is 112 g/mol. The van der Waals surface area contributed by atoms with Gasteiger partial charge in [-0.3, -0.25) is 0 Å². The summed E-state index contributed by atoms with van der Waals surface area (Å²) < 4.78 is 0. The Bertz CT molecular complexity index is 141. The first-order valence-corrected chi connectivity index (χ1v) is 2.97. The fourth-order valence-corrected chi connectivity index (χ4v) is 0.714. The van der Waals surface area contributed by atoms with E-state index in [9.17, 15) is 0 Å². The van der Waals surface area contributed by atoms with Gasteiger partial charge in [0.05, 0.1) is 0 Å². The summed E-state index contributed by atoms with van der Waals surface area (Å²) >= 11 is 0. The predicted molar refractivity (Wildman–Crippen MR) is 35.8 cm³/mol. The van der Waals surface area contributed by atoms with E-state index in [0.29, 0.717) is 0 Å². The van der Waals surface area contributed by atoms with Crippen LogP contribution in [0.25, 0.3) is 0 Å². The van der Waals surface area contributed by atoms with Gasteiger partial charge in [-0.25, -0.2) is 0 Å². The average Bonchev–Trinajstić information content (AvgIpc) is 1.90. The third-order valence-corrected chi connectivity index (χ3v) is 1.25. The second kappa shape index (κ2) is 2.51. The van der Waals surface area contributed by atoms with E-state index < -0.39 is 0 Å². The molecule has 0 saturated heterocycles. The molecule has 0 saturated carbocycles. The van der Waals surface area contributed by atoms with Gasteiger partial charge in [0.1, 0.15) is 0 Å². The fraction of sp³-hybridized carbons (Fsp3) is 0.250. The Hall–Kier alpha value is -0.780. The Labute approximate surface area is 50.2 Å². The molecule has 0 bridgehead atoms. The fourth-order valence-electron chi connectivity index (χ4n) is 0.714. The van der Waals surface area contributed by atoms with Crippen molar-refractivity contribution in [1.29, 1.82) is 0 Å². The highest BCUT2D eigenvalue weighted by molar-refractivity contribution is 5.13. The van der Waals surface area contributed by atoms with Crippen molar-refractivity contribution in [3.63, 3.8) is 0 Å². The first-order valence-electron chi connectivity index (χ1n) is 2.97. The van der Waals surface area contributed by atoms with Crippen LogP contribution in [0.5, 0.6) is 0 Å². The van der Waals surface area contributed by atoms with Gasteiger partial charge in [-0.15, -0.1) is 0 Å². The van der Waals surface area contributed by atoms with Gasteiger partial charge in [-0.2, -0.15) is 0 Å². The zero-order valence-corrected chi connectivity index (χ0v) is 5.09. The molecule has 0 amide bonds. The minimum atomic E-state index is 1.14. The molecule has 0 N–H and O–H groups in total. The molecule has 0 atom stereocenters. The van der Waals surface area contributed by atoms with E-state index in [4.69, 9.17) is 0 Å². The zero-order valence-electron chi connectivity index (χ0n) is 5.09. The van der Waals surface area contributed by atoms with Crippen molar-refractivity contribution in [2.75, 3.05) is 0 Å². The summed E-state index contributed by atoms with van der Waals surface area (Å²) in [6.45, 7) is 2.16. The lowest BCUT2D eigenvalue weighted by Gasteiger charge is -1.89. The van der Waals surface area contributed by atoms with Crippen LogP contribution in [0.2, 0.25) is 0 Å². The van der Waals surface area contributed by atoms with Crippen LogP contribution in [0, 0.1) is 0 Å². The van der Waals surface area contributed by atoms with Gasteiger partial charge < -0.3 is 0 Å². The second-order valence-corrected chi connectivity index (χ2v) is 1.84. The lowest BCUT2D eigenvalue weighted by atomic mass is 10.7. The summed E-state index contributed by atoms with van der Waals surface area (Å²) in [6.07, 6.45) is 1.14. The van der Waals surface area contributed by atoms with Crippen molar-refractivity contribution in [1.82, 2.24) is 0 Å². The maximum Gasteiger partial charge on any atom is -0.0307 e. The molecule has 0 fully saturated rings. The lowest BCUT2D eigenvalue weighted by Crippen LogP contribution is -1.73. The molecule has 0 aliphatic carbocycles. The summed E-state index contributed by atoms with van der Waals surface area (Å²) in [5.74, 6) is 0. The molecule has 0 heteroatoms. The van der Waals surface area contributed by atoms with Crippen molar-refractivity contribution >= 4 is 0 Å². The van der Waals surface area contributed by atoms with Crippen LogP contribution < -0.4 is 0 Å². The Morgan fingerprint density at radius 3 is 2.12 bits per heavy atom. The summed E-state index contributed by atoms with van der Waals surface area (Å²) in [4.78, 5) is 0. The molecule has 0 unspecified atom stereocenters. The maximum absolute atomic E-state index is 2.16. The van der Waals surface area contributed by atoms with Gasteiger partial charge in [-0.1, -0.05) is 37.3 Å². The number of aryl methyl sites for hydroxylation is 1. The molecule has 1 aromatic rings. The molecule has 0 radical (unpaired) electrons. The smallest absolute Gasteiger partial charge is 0.0307 e. The monoisotopic (exact) mass is 112 g/mol. The summed E-state index contributed by atoms with van der Waals surface area (Å²) in [6, 6.07) is 10.5. The van der Waals surface area contributed by atoms with Gasteiger partial charge >= 0.3 is 0 Å². The molecule has 0 aromatic heterocycles. The standard InChI is InChI=1S/C8H10/c1-2-8-6-4-3-5-7-8/h3-7H,2H2,1H3/i3+1,4+1,5+1,6+1,7+1,8+1. The minimum Gasteiger partial charge on any atom is -0.0622 e. The summed E-state index contributed by atoms with van der Waals surface area (Å²) in [7, 11) is 0. The Balaban J connectivity index is 2.83. The predicted octanol–water partition coefficient (Wildman–Crippen LogP) is 2.25. The largest absolute Gasteiger partial charge is 0.0622 e. The highest BCUT2D eigenvalue weighted by atomic mass is 14.7. The highest BCUT2D eigenvalue weighted by Gasteiger charge is 1.79. The van der Waals surface area contributed by atoms with E-state index in [2.05, 4.69) is 31.2 Å². The van der Waals surface area contributed by atoms with Gasteiger partial charge in [-0.05, 0) is 12.0 Å². The van der Waals surface area contributed by atoms with Crippen molar-refractivity contribution in [3.05, 3.63) is 35.9 Å². The van der Waals surface area contributed by atoms with Crippen LogP contribution in [0.4, 0.5) is 0 Å². The molecule has 0 aliphatic heterocycles. The number of rotatable bonds is 1. The number of hydrogen-bond donors (Lipinski definition) is 0. The Morgan fingerprint density at radius 1 is 1.12 bits per heavy atom. The SMILES string of the molecule is CC[13c]1[13cH][13cH][13cH][13cH][13cH]1.